The van der Waals surface area contributed by atoms with Gasteiger partial charge in [0.05, 0.1) is 26.4 Å². The molecule has 14 heteroatoms. The van der Waals surface area contributed by atoms with E-state index in [1.807, 2.05) is 0 Å². The first-order valence-electron chi connectivity index (χ1n) is 24.4. The maximum atomic E-state index is 12.9. The number of allylic oxidation sites excluding steroid dienone is 4. The standard InChI is InChI=1S/C48H88O14/c1-3-5-7-9-11-13-15-16-17-18-19-20-22-24-26-28-30-32-57-34-37(60-40(50)31-29-27-25-23-21-14-12-10-8-6-4-2)35-58-47-46(56)44(54)42(52)39(62-47)36-59-48-45(55)43(53)41(51)38(33-49)61-48/h13,15,17-18,37-39,41-49,51-56H,3-12,14,16,19-36H2,1-2H3/b15-13-,18-17-. The smallest absolute Gasteiger partial charge is 0.306 e. The zero-order valence-electron chi connectivity index (χ0n) is 38.4. The van der Waals surface area contributed by atoms with Crippen LogP contribution in [0.25, 0.3) is 0 Å². The fourth-order valence-corrected chi connectivity index (χ4v) is 7.67. The Morgan fingerprint density at radius 2 is 1.00 bits per heavy atom. The van der Waals surface area contributed by atoms with E-state index < -0.39 is 80.7 Å². The fraction of sp³-hybridized carbons (Fsp3) is 0.896. The molecule has 364 valence electrons. The molecule has 62 heavy (non-hydrogen) atoms. The Morgan fingerprint density at radius 1 is 0.532 bits per heavy atom. The van der Waals surface area contributed by atoms with E-state index in [-0.39, 0.29) is 25.6 Å². The SMILES string of the molecule is CCCCCC/C=C\C/C=C\CCCCCCCCOCC(COC1OC(COC2OC(CO)C(O)C(O)C2O)C(O)C(O)C1O)OC(=O)CCCCCCCCCCCCC. The molecule has 0 saturated carbocycles. The van der Waals surface area contributed by atoms with Crippen molar-refractivity contribution in [3.05, 3.63) is 24.3 Å². The van der Waals surface area contributed by atoms with Crippen LogP contribution in [0, 0.1) is 0 Å². The van der Waals surface area contributed by atoms with Crippen LogP contribution in [-0.4, -0.2) is 142 Å². The van der Waals surface area contributed by atoms with E-state index >= 15 is 0 Å². The number of esters is 1. The first-order valence-corrected chi connectivity index (χ1v) is 24.4. The van der Waals surface area contributed by atoms with Crippen LogP contribution < -0.4 is 0 Å². The highest BCUT2D eigenvalue weighted by atomic mass is 16.7. The summed E-state index contributed by atoms with van der Waals surface area (Å²) in [7, 11) is 0. The van der Waals surface area contributed by atoms with E-state index in [9.17, 15) is 40.5 Å². The van der Waals surface area contributed by atoms with Crippen molar-refractivity contribution in [3.8, 4) is 0 Å². The van der Waals surface area contributed by atoms with Gasteiger partial charge in [0.2, 0.25) is 0 Å². The van der Waals surface area contributed by atoms with Crippen LogP contribution >= 0.6 is 0 Å². The summed E-state index contributed by atoms with van der Waals surface area (Å²) in [5, 5.41) is 72.0. The summed E-state index contributed by atoms with van der Waals surface area (Å²) in [6.07, 6.45) is 21.0. The monoisotopic (exact) mass is 889 g/mol. The predicted octanol–water partition coefficient (Wildman–Crippen LogP) is 6.46. The van der Waals surface area contributed by atoms with Crippen LogP contribution in [0.4, 0.5) is 0 Å². The number of carbonyl (C=O) groups is 1. The van der Waals surface area contributed by atoms with Gasteiger partial charge in [0.1, 0.15) is 54.9 Å². The molecule has 14 nitrogen and oxygen atoms in total. The Kier molecular flexibility index (Phi) is 33.5. The van der Waals surface area contributed by atoms with Gasteiger partial charge in [0.25, 0.3) is 0 Å². The summed E-state index contributed by atoms with van der Waals surface area (Å²) in [5.74, 6) is -0.381. The molecule has 0 aromatic heterocycles. The van der Waals surface area contributed by atoms with Crippen LogP contribution in [-0.2, 0) is 33.2 Å². The molecule has 7 N–H and O–H groups in total. The molecule has 0 aliphatic carbocycles. The predicted molar refractivity (Wildman–Crippen MR) is 238 cm³/mol. The summed E-state index contributed by atoms with van der Waals surface area (Å²) in [4.78, 5) is 12.9. The molecule has 0 amide bonds. The highest BCUT2D eigenvalue weighted by Gasteiger charge is 2.47. The van der Waals surface area contributed by atoms with Crippen molar-refractivity contribution >= 4 is 5.97 Å². The minimum absolute atomic E-state index is 0.0576. The van der Waals surface area contributed by atoms with Crippen LogP contribution in [0.15, 0.2) is 24.3 Å². The topological polar surface area (TPSA) is 214 Å². The minimum Gasteiger partial charge on any atom is -0.457 e. The molecule has 0 aromatic rings. The molecule has 2 fully saturated rings. The average molecular weight is 889 g/mol. The second-order valence-electron chi connectivity index (χ2n) is 17.3. The van der Waals surface area contributed by atoms with Gasteiger partial charge in [-0.25, -0.2) is 0 Å². The lowest BCUT2D eigenvalue weighted by molar-refractivity contribution is -0.332. The van der Waals surface area contributed by atoms with Crippen LogP contribution in [0.1, 0.15) is 174 Å². The van der Waals surface area contributed by atoms with Crippen molar-refractivity contribution in [3.63, 3.8) is 0 Å². The van der Waals surface area contributed by atoms with Gasteiger partial charge >= 0.3 is 5.97 Å². The summed E-state index contributed by atoms with van der Waals surface area (Å²) >= 11 is 0. The van der Waals surface area contributed by atoms with E-state index in [0.717, 1.165) is 57.8 Å². The van der Waals surface area contributed by atoms with Crippen molar-refractivity contribution in [2.24, 2.45) is 0 Å². The Morgan fingerprint density at radius 3 is 1.56 bits per heavy atom. The summed E-state index contributed by atoms with van der Waals surface area (Å²) in [6.45, 7) is 3.64. The number of hydrogen-bond donors (Lipinski definition) is 7. The molecule has 0 spiro atoms. The lowest BCUT2D eigenvalue weighted by atomic mass is 9.98. The molecule has 2 aliphatic heterocycles. The van der Waals surface area contributed by atoms with Gasteiger partial charge in [0, 0.05) is 13.0 Å². The van der Waals surface area contributed by atoms with Gasteiger partial charge in [-0.1, -0.05) is 147 Å². The number of rotatable bonds is 38. The van der Waals surface area contributed by atoms with Gasteiger partial charge in [-0.3, -0.25) is 4.79 Å². The number of aliphatic hydroxyl groups excluding tert-OH is 7. The van der Waals surface area contributed by atoms with Gasteiger partial charge in [-0.15, -0.1) is 0 Å². The molecule has 0 radical (unpaired) electrons. The minimum atomic E-state index is -1.70. The maximum Gasteiger partial charge on any atom is 0.306 e. The molecule has 11 unspecified atom stereocenters. The molecule has 0 bridgehead atoms. The van der Waals surface area contributed by atoms with Gasteiger partial charge < -0.3 is 64.2 Å². The summed E-state index contributed by atoms with van der Waals surface area (Å²) < 4.78 is 34.2. The Balaban J connectivity index is 1.78. The molecular formula is C48H88O14. The second-order valence-corrected chi connectivity index (χ2v) is 17.3. The Hall–Kier alpha value is -1.53. The number of ether oxygens (including phenoxy) is 6. The van der Waals surface area contributed by atoms with E-state index in [1.54, 1.807) is 0 Å². The second kappa shape index (κ2) is 36.7. The van der Waals surface area contributed by atoms with Crippen LogP contribution in [0.2, 0.25) is 0 Å². The number of carbonyl (C=O) groups excluding carboxylic acids is 1. The molecule has 11 atom stereocenters. The highest BCUT2D eigenvalue weighted by molar-refractivity contribution is 5.69. The van der Waals surface area contributed by atoms with E-state index in [0.29, 0.717) is 13.0 Å². The largest absolute Gasteiger partial charge is 0.457 e. The van der Waals surface area contributed by atoms with Gasteiger partial charge in [-0.2, -0.15) is 0 Å². The van der Waals surface area contributed by atoms with E-state index in [2.05, 4.69) is 38.2 Å². The maximum absolute atomic E-state index is 12.9. The Bertz CT molecular complexity index is 1120. The molecular weight excluding hydrogens is 801 g/mol. The molecule has 2 aliphatic rings. The number of aliphatic hydroxyl groups is 7. The van der Waals surface area contributed by atoms with Gasteiger partial charge in [-0.05, 0) is 44.9 Å². The number of hydrogen-bond acceptors (Lipinski definition) is 14. The normalized spacial score (nSPS) is 27.4. The molecule has 0 aromatic carbocycles. The van der Waals surface area contributed by atoms with Crippen molar-refractivity contribution in [1.29, 1.82) is 0 Å². The number of unbranched alkanes of at least 4 members (excludes halogenated alkanes) is 20. The lowest BCUT2D eigenvalue weighted by Gasteiger charge is -2.42. The first-order chi connectivity index (χ1) is 30.1. The van der Waals surface area contributed by atoms with Crippen LogP contribution in [0.5, 0.6) is 0 Å². The quantitative estimate of drug-likeness (QED) is 0.0202. The highest BCUT2D eigenvalue weighted by Crippen LogP contribution is 2.26. The van der Waals surface area contributed by atoms with Gasteiger partial charge in [0.15, 0.2) is 12.6 Å². The zero-order chi connectivity index (χ0) is 45.2. The third-order valence-corrected chi connectivity index (χ3v) is 11.7. The van der Waals surface area contributed by atoms with Crippen molar-refractivity contribution in [1.82, 2.24) is 0 Å². The molecule has 2 saturated heterocycles. The van der Waals surface area contributed by atoms with Crippen molar-refractivity contribution in [2.45, 2.75) is 242 Å². The summed E-state index contributed by atoms with van der Waals surface area (Å²) in [5.41, 5.74) is 0. The average Bonchev–Trinajstić information content (AvgIpc) is 3.27. The summed E-state index contributed by atoms with van der Waals surface area (Å²) in [6, 6.07) is 0. The van der Waals surface area contributed by atoms with E-state index in [1.165, 1.54) is 89.9 Å². The van der Waals surface area contributed by atoms with E-state index in [4.69, 9.17) is 28.4 Å². The third kappa shape index (κ3) is 24.7. The molecule has 2 rings (SSSR count). The zero-order valence-corrected chi connectivity index (χ0v) is 38.4. The van der Waals surface area contributed by atoms with Crippen LogP contribution in [0.3, 0.4) is 0 Å². The first kappa shape index (κ1) is 56.6. The fourth-order valence-electron chi connectivity index (χ4n) is 7.67. The third-order valence-electron chi connectivity index (χ3n) is 11.7. The van der Waals surface area contributed by atoms with Crippen molar-refractivity contribution < 1.29 is 69.0 Å². The molecule has 2 heterocycles. The lowest BCUT2D eigenvalue weighted by Crippen LogP contribution is -2.61. The van der Waals surface area contributed by atoms with Crippen molar-refractivity contribution in [2.75, 3.05) is 33.0 Å². The Labute approximate surface area is 373 Å².